The Morgan fingerprint density at radius 2 is 2.06 bits per heavy atom. The van der Waals surface area contributed by atoms with Crippen molar-refractivity contribution in [3.8, 4) is 0 Å². The molecule has 0 aromatic carbocycles. The number of carboxylic acids is 1. The SMILES string of the molecule is Cc1cc(Sc2n[nH]c(C)n2)c(C(=O)O)c(C)n1. The van der Waals surface area contributed by atoms with Crippen molar-refractivity contribution in [1.82, 2.24) is 20.2 Å². The van der Waals surface area contributed by atoms with Gasteiger partial charge in [-0.3, -0.25) is 10.1 Å². The molecule has 0 amide bonds. The number of H-pyrrole nitrogens is 1. The quantitative estimate of drug-likeness (QED) is 0.880. The third-order valence-electron chi connectivity index (χ3n) is 2.28. The minimum Gasteiger partial charge on any atom is -0.478 e. The molecule has 2 heterocycles. The minimum absolute atomic E-state index is 0.202. The topological polar surface area (TPSA) is 91.8 Å². The monoisotopic (exact) mass is 264 g/mol. The van der Waals surface area contributed by atoms with Crippen LogP contribution in [-0.2, 0) is 0 Å². The van der Waals surface area contributed by atoms with Crippen molar-refractivity contribution in [2.24, 2.45) is 0 Å². The molecule has 18 heavy (non-hydrogen) atoms. The van der Waals surface area contributed by atoms with Crippen molar-refractivity contribution < 1.29 is 9.90 Å². The zero-order valence-corrected chi connectivity index (χ0v) is 11.0. The second-order valence-corrected chi connectivity index (χ2v) is 4.84. The van der Waals surface area contributed by atoms with Crippen molar-refractivity contribution >= 4 is 17.7 Å². The minimum atomic E-state index is -0.991. The number of nitrogens with one attached hydrogen (secondary N) is 1. The van der Waals surface area contributed by atoms with E-state index >= 15 is 0 Å². The van der Waals surface area contributed by atoms with Crippen molar-refractivity contribution in [1.29, 1.82) is 0 Å². The predicted molar refractivity (Wildman–Crippen MR) is 65.9 cm³/mol. The van der Waals surface area contributed by atoms with E-state index in [0.717, 1.165) is 5.69 Å². The molecule has 0 radical (unpaired) electrons. The van der Waals surface area contributed by atoms with Crippen LogP contribution in [0.2, 0.25) is 0 Å². The summed E-state index contributed by atoms with van der Waals surface area (Å²) in [5.41, 5.74) is 1.47. The van der Waals surface area contributed by atoms with Crippen LogP contribution in [0.1, 0.15) is 27.6 Å². The van der Waals surface area contributed by atoms with Crippen LogP contribution in [-0.4, -0.2) is 31.2 Å². The fourth-order valence-corrected chi connectivity index (χ4v) is 2.64. The summed E-state index contributed by atoms with van der Waals surface area (Å²) in [6.45, 7) is 5.30. The lowest BCUT2D eigenvalue weighted by Gasteiger charge is -2.07. The number of hydrogen-bond donors (Lipinski definition) is 2. The molecule has 0 aliphatic carbocycles. The second-order valence-electron chi connectivity index (χ2n) is 3.83. The summed E-state index contributed by atoms with van der Waals surface area (Å²) < 4.78 is 0. The lowest BCUT2D eigenvalue weighted by atomic mass is 10.2. The molecular formula is C11H12N4O2S. The van der Waals surface area contributed by atoms with Crippen LogP contribution in [0.5, 0.6) is 0 Å². The van der Waals surface area contributed by atoms with E-state index in [-0.39, 0.29) is 5.56 Å². The number of pyridine rings is 1. The average molecular weight is 264 g/mol. The van der Waals surface area contributed by atoms with Gasteiger partial charge in [-0.2, -0.15) is 0 Å². The van der Waals surface area contributed by atoms with E-state index in [2.05, 4.69) is 20.2 Å². The highest BCUT2D eigenvalue weighted by Gasteiger charge is 2.17. The zero-order valence-electron chi connectivity index (χ0n) is 10.2. The van der Waals surface area contributed by atoms with Crippen LogP contribution in [0.4, 0.5) is 0 Å². The van der Waals surface area contributed by atoms with E-state index in [9.17, 15) is 9.90 Å². The van der Waals surface area contributed by atoms with Crippen molar-refractivity contribution in [3.63, 3.8) is 0 Å². The molecule has 0 spiro atoms. The number of carboxylic acid groups (broad SMARTS) is 1. The number of aromatic amines is 1. The largest absolute Gasteiger partial charge is 0.478 e. The van der Waals surface area contributed by atoms with Gasteiger partial charge in [0, 0.05) is 10.6 Å². The van der Waals surface area contributed by atoms with Crippen LogP contribution in [0.15, 0.2) is 16.1 Å². The van der Waals surface area contributed by atoms with Gasteiger partial charge in [0.25, 0.3) is 0 Å². The second kappa shape index (κ2) is 4.77. The maximum atomic E-state index is 11.2. The Hall–Kier alpha value is -1.89. The van der Waals surface area contributed by atoms with Crippen molar-refractivity contribution in [2.75, 3.05) is 0 Å². The van der Waals surface area contributed by atoms with E-state index in [1.54, 1.807) is 19.9 Å². The van der Waals surface area contributed by atoms with Gasteiger partial charge in [-0.1, -0.05) is 0 Å². The first-order valence-corrected chi connectivity index (χ1v) is 6.07. The molecule has 0 saturated heterocycles. The maximum absolute atomic E-state index is 11.2. The fourth-order valence-electron chi connectivity index (χ4n) is 1.60. The third-order valence-corrected chi connectivity index (χ3v) is 3.19. The summed E-state index contributed by atoms with van der Waals surface area (Å²) in [6, 6.07) is 1.73. The van der Waals surface area contributed by atoms with Crippen molar-refractivity contribution in [3.05, 3.63) is 28.8 Å². The van der Waals surface area contributed by atoms with Crippen molar-refractivity contribution in [2.45, 2.75) is 30.8 Å². The normalized spacial score (nSPS) is 10.6. The number of aromatic carboxylic acids is 1. The number of hydrogen-bond acceptors (Lipinski definition) is 5. The first-order valence-electron chi connectivity index (χ1n) is 5.25. The maximum Gasteiger partial charge on any atom is 0.338 e. The van der Waals surface area contributed by atoms with Gasteiger partial charge >= 0.3 is 5.97 Å². The van der Waals surface area contributed by atoms with E-state index in [4.69, 9.17) is 0 Å². The molecule has 0 bridgehead atoms. The summed E-state index contributed by atoms with van der Waals surface area (Å²) in [5.74, 6) is -0.299. The summed E-state index contributed by atoms with van der Waals surface area (Å²) >= 11 is 1.22. The molecule has 0 fully saturated rings. The van der Waals surface area contributed by atoms with Gasteiger partial charge in [-0.25, -0.2) is 9.78 Å². The lowest BCUT2D eigenvalue weighted by Crippen LogP contribution is -2.05. The van der Waals surface area contributed by atoms with Gasteiger partial charge in [0.05, 0.1) is 11.3 Å². The highest BCUT2D eigenvalue weighted by atomic mass is 32.2. The molecule has 2 N–H and O–H groups in total. The zero-order chi connectivity index (χ0) is 13.3. The van der Waals surface area contributed by atoms with Crippen LogP contribution in [0, 0.1) is 20.8 Å². The van der Waals surface area contributed by atoms with Crippen LogP contribution < -0.4 is 0 Å². The van der Waals surface area contributed by atoms with Crippen LogP contribution in [0.25, 0.3) is 0 Å². The van der Waals surface area contributed by atoms with Gasteiger partial charge in [0.1, 0.15) is 5.82 Å². The van der Waals surface area contributed by atoms with Crippen LogP contribution in [0.3, 0.4) is 0 Å². The molecule has 0 aliphatic rings. The molecule has 0 aliphatic heterocycles. The molecule has 6 nitrogen and oxygen atoms in total. The Balaban J connectivity index is 2.45. The Morgan fingerprint density at radius 1 is 1.33 bits per heavy atom. The Labute approximate surface area is 108 Å². The first kappa shape index (κ1) is 12.6. The van der Waals surface area contributed by atoms with Crippen LogP contribution >= 0.6 is 11.8 Å². The molecule has 94 valence electrons. The van der Waals surface area contributed by atoms with E-state index in [1.807, 2.05) is 6.92 Å². The number of carbonyl (C=O) groups is 1. The first-order chi connectivity index (χ1) is 8.47. The van der Waals surface area contributed by atoms with Gasteiger partial charge in [-0.05, 0) is 38.6 Å². The summed E-state index contributed by atoms with van der Waals surface area (Å²) in [5, 5.41) is 16.4. The standard InChI is InChI=1S/C11H12N4O2S/c1-5-4-8(9(10(16)17)6(2)12-5)18-11-13-7(3)14-15-11/h4H,1-3H3,(H,16,17)(H,13,14,15). The van der Waals surface area contributed by atoms with E-state index < -0.39 is 5.97 Å². The smallest absolute Gasteiger partial charge is 0.338 e. The predicted octanol–water partition coefficient (Wildman–Crippen LogP) is 1.97. The molecular weight excluding hydrogens is 252 g/mol. The molecule has 0 unspecified atom stereocenters. The Kier molecular flexibility index (Phi) is 3.33. The lowest BCUT2D eigenvalue weighted by molar-refractivity contribution is 0.0691. The summed E-state index contributed by atoms with van der Waals surface area (Å²) in [4.78, 5) is 20.2. The molecule has 2 rings (SSSR count). The third kappa shape index (κ3) is 2.51. The molecule has 0 atom stereocenters. The molecule has 7 heteroatoms. The Bertz CT molecular complexity index is 609. The number of rotatable bonds is 3. The summed E-state index contributed by atoms with van der Waals surface area (Å²) in [6.07, 6.45) is 0. The number of nitrogens with zero attached hydrogens (tertiary/aromatic N) is 3. The highest BCUT2D eigenvalue weighted by molar-refractivity contribution is 7.99. The van der Waals surface area contributed by atoms with Gasteiger partial charge in [0.15, 0.2) is 0 Å². The molecule has 2 aromatic heterocycles. The van der Waals surface area contributed by atoms with Gasteiger partial charge < -0.3 is 5.11 Å². The molecule has 2 aromatic rings. The van der Waals surface area contributed by atoms with E-state index in [0.29, 0.717) is 21.6 Å². The number of aryl methyl sites for hydroxylation is 3. The number of aromatic nitrogens is 4. The highest BCUT2D eigenvalue weighted by Crippen LogP contribution is 2.29. The van der Waals surface area contributed by atoms with Gasteiger partial charge in [-0.15, -0.1) is 5.10 Å². The molecule has 0 saturated carbocycles. The average Bonchev–Trinajstić information content (AvgIpc) is 2.62. The summed E-state index contributed by atoms with van der Waals surface area (Å²) in [7, 11) is 0. The van der Waals surface area contributed by atoms with Gasteiger partial charge in [0.2, 0.25) is 5.16 Å². The van der Waals surface area contributed by atoms with E-state index in [1.165, 1.54) is 11.8 Å². The Morgan fingerprint density at radius 3 is 2.61 bits per heavy atom. The fraction of sp³-hybridized carbons (Fsp3) is 0.273.